The third-order valence-electron chi connectivity index (χ3n) is 1.85. The summed E-state index contributed by atoms with van der Waals surface area (Å²) in [6.07, 6.45) is 4.26. The highest BCUT2D eigenvalue weighted by molar-refractivity contribution is 5.70. The fraction of sp³-hybridized carbons (Fsp3) is 0.900. The van der Waals surface area contributed by atoms with Crippen LogP contribution in [0.2, 0.25) is 0 Å². The van der Waals surface area contributed by atoms with Crippen LogP contribution in [0.4, 0.5) is 0 Å². The van der Waals surface area contributed by atoms with Crippen molar-refractivity contribution in [2.75, 3.05) is 6.61 Å². The monoisotopic (exact) mass is 187 g/mol. The van der Waals surface area contributed by atoms with Crippen LogP contribution in [0.25, 0.3) is 0 Å². The zero-order valence-corrected chi connectivity index (χ0v) is 8.71. The minimum atomic E-state index is -0.158. The molecular weight excluding hydrogens is 166 g/mol. The zero-order chi connectivity index (χ0) is 10.1. The largest absolute Gasteiger partial charge is 0.466 e. The number of carbonyl (C=O) groups is 1. The number of carbonyl (C=O) groups excluding carboxylic acids is 1. The molecule has 0 saturated heterocycles. The summed E-state index contributed by atoms with van der Waals surface area (Å²) in [6.45, 7) is 4.66. The highest BCUT2D eigenvalue weighted by atomic mass is 16.5. The van der Waals surface area contributed by atoms with E-state index in [0.717, 1.165) is 25.7 Å². The molecule has 1 unspecified atom stereocenters. The lowest BCUT2D eigenvalue weighted by atomic mass is 10.1. The smallest absolute Gasteiger partial charge is 0.307 e. The fourth-order valence-electron chi connectivity index (χ4n) is 1.08. The van der Waals surface area contributed by atoms with Gasteiger partial charge in [0, 0.05) is 6.04 Å². The molecular formula is C10H21NO2. The molecule has 2 N–H and O–H groups in total. The van der Waals surface area contributed by atoms with Gasteiger partial charge in [0.15, 0.2) is 0 Å². The molecule has 0 fully saturated rings. The molecule has 0 amide bonds. The van der Waals surface area contributed by atoms with Gasteiger partial charge in [-0.25, -0.2) is 0 Å². The number of hydrogen-bond donors (Lipinski definition) is 1. The maximum absolute atomic E-state index is 11.1. The van der Waals surface area contributed by atoms with Crippen molar-refractivity contribution in [3.8, 4) is 0 Å². The van der Waals surface area contributed by atoms with Gasteiger partial charge in [0.05, 0.1) is 13.0 Å². The molecule has 13 heavy (non-hydrogen) atoms. The molecule has 0 rings (SSSR count). The van der Waals surface area contributed by atoms with Gasteiger partial charge >= 0.3 is 5.97 Å². The molecule has 0 spiro atoms. The zero-order valence-electron chi connectivity index (χ0n) is 8.71. The van der Waals surface area contributed by atoms with Crippen molar-refractivity contribution in [3.63, 3.8) is 0 Å². The van der Waals surface area contributed by atoms with Crippen molar-refractivity contribution in [1.82, 2.24) is 0 Å². The van der Waals surface area contributed by atoms with Gasteiger partial charge < -0.3 is 10.5 Å². The summed E-state index contributed by atoms with van der Waals surface area (Å²) in [5.41, 5.74) is 5.69. The normalized spacial score (nSPS) is 12.5. The van der Waals surface area contributed by atoms with Crippen molar-refractivity contribution in [1.29, 1.82) is 0 Å². The number of unbranched alkanes of at least 4 members (excludes halogenated alkanes) is 1. The first-order valence-electron chi connectivity index (χ1n) is 5.11. The van der Waals surface area contributed by atoms with Crippen LogP contribution in [-0.2, 0) is 9.53 Å². The average Bonchev–Trinajstić information content (AvgIpc) is 2.05. The molecule has 0 aromatic carbocycles. The Morgan fingerprint density at radius 2 is 2.08 bits per heavy atom. The molecule has 3 nitrogen and oxygen atoms in total. The molecule has 0 heterocycles. The van der Waals surface area contributed by atoms with Crippen molar-refractivity contribution < 1.29 is 9.53 Å². The Balaban J connectivity index is 3.38. The van der Waals surface area contributed by atoms with E-state index >= 15 is 0 Å². The Labute approximate surface area is 80.6 Å². The number of nitrogens with two attached hydrogens (primary N) is 1. The second-order valence-corrected chi connectivity index (χ2v) is 3.33. The summed E-state index contributed by atoms with van der Waals surface area (Å²) in [6, 6.07) is -0.0286. The van der Waals surface area contributed by atoms with Crippen LogP contribution in [-0.4, -0.2) is 18.6 Å². The molecule has 1 atom stereocenters. The first kappa shape index (κ1) is 12.4. The van der Waals surface area contributed by atoms with Gasteiger partial charge in [0.25, 0.3) is 0 Å². The van der Waals surface area contributed by atoms with Gasteiger partial charge in [-0.3, -0.25) is 4.79 Å². The first-order chi connectivity index (χ1) is 6.20. The molecule has 0 radical (unpaired) electrons. The van der Waals surface area contributed by atoms with Crippen LogP contribution in [0.1, 0.15) is 46.0 Å². The standard InChI is InChI=1S/C10H21NO2/c1-3-5-7-13-10(12)8-9(11)6-4-2/h9H,3-8,11H2,1-2H3. The Bertz CT molecular complexity index is 137. The van der Waals surface area contributed by atoms with Gasteiger partial charge in [-0.2, -0.15) is 0 Å². The lowest BCUT2D eigenvalue weighted by Crippen LogP contribution is -2.24. The van der Waals surface area contributed by atoms with Crippen LogP contribution in [0, 0.1) is 0 Å². The first-order valence-corrected chi connectivity index (χ1v) is 5.11. The number of rotatable bonds is 7. The summed E-state index contributed by atoms with van der Waals surface area (Å²) < 4.78 is 4.98. The predicted molar refractivity (Wildman–Crippen MR) is 53.4 cm³/mol. The van der Waals surface area contributed by atoms with Crippen molar-refractivity contribution >= 4 is 5.97 Å². The van der Waals surface area contributed by atoms with E-state index in [4.69, 9.17) is 10.5 Å². The van der Waals surface area contributed by atoms with Gasteiger partial charge in [-0.15, -0.1) is 0 Å². The van der Waals surface area contributed by atoms with Gasteiger partial charge in [-0.1, -0.05) is 26.7 Å². The Kier molecular flexibility index (Phi) is 7.69. The molecule has 0 aromatic heterocycles. The summed E-state index contributed by atoms with van der Waals surface area (Å²) in [4.78, 5) is 11.1. The number of ether oxygens (including phenoxy) is 1. The van der Waals surface area contributed by atoms with E-state index in [2.05, 4.69) is 13.8 Å². The maximum Gasteiger partial charge on any atom is 0.307 e. The quantitative estimate of drug-likeness (QED) is 0.489. The van der Waals surface area contributed by atoms with Crippen LogP contribution in [0.5, 0.6) is 0 Å². The summed E-state index contributed by atoms with van der Waals surface area (Å²) in [7, 11) is 0. The lowest BCUT2D eigenvalue weighted by molar-refractivity contribution is -0.144. The molecule has 0 aliphatic rings. The molecule has 0 aromatic rings. The second kappa shape index (κ2) is 8.05. The molecule has 3 heteroatoms. The Hall–Kier alpha value is -0.570. The second-order valence-electron chi connectivity index (χ2n) is 3.33. The highest BCUT2D eigenvalue weighted by Crippen LogP contribution is 2.00. The molecule has 0 bridgehead atoms. The molecule has 78 valence electrons. The van der Waals surface area contributed by atoms with Crippen molar-refractivity contribution in [2.45, 2.75) is 52.0 Å². The molecule has 0 aliphatic carbocycles. The van der Waals surface area contributed by atoms with Crippen molar-refractivity contribution in [3.05, 3.63) is 0 Å². The Morgan fingerprint density at radius 1 is 1.38 bits per heavy atom. The minimum Gasteiger partial charge on any atom is -0.466 e. The van der Waals surface area contributed by atoms with Crippen LogP contribution < -0.4 is 5.73 Å². The topological polar surface area (TPSA) is 52.3 Å². The van der Waals surface area contributed by atoms with E-state index in [1.807, 2.05) is 0 Å². The maximum atomic E-state index is 11.1. The van der Waals surface area contributed by atoms with Crippen molar-refractivity contribution in [2.24, 2.45) is 5.73 Å². The predicted octanol–water partition coefficient (Wildman–Crippen LogP) is 1.85. The van der Waals surface area contributed by atoms with E-state index in [1.54, 1.807) is 0 Å². The minimum absolute atomic E-state index is 0.0286. The summed E-state index contributed by atoms with van der Waals surface area (Å²) in [5, 5.41) is 0. The third-order valence-corrected chi connectivity index (χ3v) is 1.85. The number of esters is 1. The Morgan fingerprint density at radius 3 is 2.62 bits per heavy atom. The highest BCUT2D eigenvalue weighted by Gasteiger charge is 2.08. The van der Waals surface area contributed by atoms with Gasteiger partial charge in [0.1, 0.15) is 0 Å². The van der Waals surface area contributed by atoms with Crippen LogP contribution in [0.15, 0.2) is 0 Å². The van der Waals surface area contributed by atoms with Gasteiger partial charge in [0.2, 0.25) is 0 Å². The molecule has 0 aliphatic heterocycles. The van der Waals surface area contributed by atoms with E-state index < -0.39 is 0 Å². The number of hydrogen-bond acceptors (Lipinski definition) is 3. The lowest BCUT2D eigenvalue weighted by Gasteiger charge is -2.09. The summed E-state index contributed by atoms with van der Waals surface area (Å²) in [5.74, 6) is -0.158. The van der Waals surface area contributed by atoms with E-state index in [-0.39, 0.29) is 12.0 Å². The van der Waals surface area contributed by atoms with Crippen LogP contribution >= 0.6 is 0 Å². The van der Waals surface area contributed by atoms with Gasteiger partial charge in [-0.05, 0) is 12.8 Å². The van der Waals surface area contributed by atoms with E-state index in [0.29, 0.717) is 13.0 Å². The van der Waals surface area contributed by atoms with E-state index in [1.165, 1.54) is 0 Å². The summed E-state index contributed by atoms with van der Waals surface area (Å²) >= 11 is 0. The average molecular weight is 187 g/mol. The SMILES string of the molecule is CCCCOC(=O)CC(N)CCC. The molecule has 0 saturated carbocycles. The van der Waals surface area contributed by atoms with E-state index in [9.17, 15) is 4.79 Å². The third kappa shape index (κ3) is 7.78. The fourth-order valence-corrected chi connectivity index (χ4v) is 1.08. The van der Waals surface area contributed by atoms with Crippen LogP contribution in [0.3, 0.4) is 0 Å².